The minimum absolute atomic E-state index is 0.0932. The number of carbonyl (C=O) groups is 1. The predicted molar refractivity (Wildman–Crippen MR) is 106 cm³/mol. The highest BCUT2D eigenvalue weighted by molar-refractivity contribution is 9.10. The Kier molecular flexibility index (Phi) is 4.81. The van der Waals surface area contributed by atoms with Gasteiger partial charge < -0.3 is 19.0 Å². The van der Waals surface area contributed by atoms with E-state index in [0.717, 1.165) is 15.3 Å². The van der Waals surface area contributed by atoms with E-state index >= 15 is 0 Å². The van der Waals surface area contributed by atoms with Gasteiger partial charge in [0.25, 0.3) is 5.91 Å². The van der Waals surface area contributed by atoms with E-state index in [-0.39, 0.29) is 5.91 Å². The van der Waals surface area contributed by atoms with Crippen molar-refractivity contribution in [3.63, 3.8) is 0 Å². The van der Waals surface area contributed by atoms with Gasteiger partial charge in [-0.05, 0) is 40.2 Å². The fraction of sp³-hybridized carbons (Fsp3) is 0.294. The number of nitrogens with zero attached hydrogens (tertiary/aromatic N) is 3. The first kappa shape index (κ1) is 17.6. The number of anilines is 1. The monoisotopic (exact) mass is 455 g/mol. The molecular weight excluding hydrogens is 442 g/mol. The van der Waals surface area contributed by atoms with Crippen LogP contribution in [0.2, 0.25) is 5.02 Å². The van der Waals surface area contributed by atoms with Crippen LogP contribution in [-0.2, 0) is 0 Å². The third-order valence-corrected chi connectivity index (χ3v) is 6.29. The number of hydrogen-bond donors (Lipinski definition) is 0. The maximum absolute atomic E-state index is 12.5. The molecule has 1 saturated heterocycles. The number of hydrogen-bond acceptors (Lipinski definition) is 6. The van der Waals surface area contributed by atoms with E-state index in [1.54, 1.807) is 35.5 Å². The van der Waals surface area contributed by atoms with E-state index in [1.165, 1.54) is 0 Å². The number of benzene rings is 1. The van der Waals surface area contributed by atoms with Crippen molar-refractivity contribution < 1.29 is 13.9 Å². The minimum atomic E-state index is -0.0932. The van der Waals surface area contributed by atoms with Crippen LogP contribution in [0.3, 0.4) is 0 Å². The van der Waals surface area contributed by atoms with Gasteiger partial charge in [-0.15, -0.1) is 0 Å². The molecule has 3 aromatic rings. The second-order valence-electron chi connectivity index (χ2n) is 5.81. The molecule has 3 heterocycles. The zero-order valence-corrected chi connectivity index (χ0v) is 17.0. The van der Waals surface area contributed by atoms with Crippen LogP contribution >= 0.6 is 38.9 Å². The highest BCUT2D eigenvalue weighted by Crippen LogP contribution is 2.38. The number of piperazine rings is 1. The lowest BCUT2D eigenvalue weighted by Gasteiger charge is -2.34. The highest BCUT2D eigenvalue weighted by Gasteiger charge is 2.26. The van der Waals surface area contributed by atoms with Gasteiger partial charge in [0.1, 0.15) is 11.3 Å². The molecule has 1 aliphatic heterocycles. The number of thiazole rings is 1. The summed E-state index contributed by atoms with van der Waals surface area (Å²) in [7, 11) is 1.62. The van der Waals surface area contributed by atoms with Gasteiger partial charge in [-0.1, -0.05) is 22.9 Å². The quantitative estimate of drug-likeness (QED) is 0.589. The summed E-state index contributed by atoms with van der Waals surface area (Å²) in [6.45, 7) is 2.62. The van der Waals surface area contributed by atoms with Gasteiger partial charge in [-0.25, -0.2) is 4.98 Å². The molecule has 136 valence electrons. The van der Waals surface area contributed by atoms with Crippen LogP contribution in [0.15, 0.2) is 33.4 Å². The molecule has 0 N–H and O–H groups in total. The van der Waals surface area contributed by atoms with Crippen LogP contribution in [0.25, 0.3) is 10.2 Å². The number of carbonyl (C=O) groups excluding carboxylic acids is 1. The largest absolute Gasteiger partial charge is 0.494 e. The van der Waals surface area contributed by atoms with Crippen LogP contribution in [0.1, 0.15) is 10.6 Å². The maximum Gasteiger partial charge on any atom is 0.289 e. The van der Waals surface area contributed by atoms with Crippen molar-refractivity contribution in [3.05, 3.63) is 39.7 Å². The van der Waals surface area contributed by atoms with Crippen LogP contribution < -0.4 is 9.64 Å². The second-order valence-corrected chi connectivity index (χ2v) is 7.97. The molecule has 2 aromatic heterocycles. The van der Waals surface area contributed by atoms with Gasteiger partial charge in [0.05, 0.1) is 16.8 Å². The molecule has 0 radical (unpaired) electrons. The molecule has 0 aliphatic carbocycles. The zero-order chi connectivity index (χ0) is 18.3. The smallest absolute Gasteiger partial charge is 0.289 e. The molecule has 4 rings (SSSR count). The summed E-state index contributed by atoms with van der Waals surface area (Å²) in [5.41, 5.74) is 0.777. The topological polar surface area (TPSA) is 58.8 Å². The average molecular weight is 457 g/mol. The number of halogens is 2. The Morgan fingerprint density at radius 2 is 2.04 bits per heavy atom. The molecule has 0 atom stereocenters. The number of rotatable bonds is 3. The van der Waals surface area contributed by atoms with E-state index in [4.69, 9.17) is 25.7 Å². The summed E-state index contributed by atoms with van der Waals surface area (Å²) in [5.74, 6) is 0.968. The van der Waals surface area contributed by atoms with Crippen molar-refractivity contribution in [2.45, 2.75) is 0 Å². The van der Waals surface area contributed by atoms with Gasteiger partial charge in [-0.3, -0.25) is 4.79 Å². The molecule has 1 aromatic carbocycles. The third-order valence-electron chi connectivity index (χ3n) is 4.29. The van der Waals surface area contributed by atoms with E-state index in [9.17, 15) is 4.79 Å². The molecule has 1 amide bonds. The third kappa shape index (κ3) is 3.17. The average Bonchev–Trinajstić information content (AvgIpc) is 3.29. The molecule has 1 fully saturated rings. The summed E-state index contributed by atoms with van der Waals surface area (Å²) in [6.07, 6.45) is 0. The van der Waals surface area contributed by atoms with Gasteiger partial charge in [0.15, 0.2) is 15.6 Å². The normalized spacial score (nSPS) is 14.9. The predicted octanol–water partition coefficient (Wildman–Crippen LogP) is 4.28. The highest BCUT2D eigenvalue weighted by atomic mass is 79.9. The molecular formula is C17H15BrClN3O3S. The van der Waals surface area contributed by atoms with E-state index in [2.05, 4.69) is 20.8 Å². The molecule has 0 saturated carbocycles. The van der Waals surface area contributed by atoms with Crippen molar-refractivity contribution in [1.82, 2.24) is 9.88 Å². The fourth-order valence-electron chi connectivity index (χ4n) is 2.93. The molecule has 26 heavy (non-hydrogen) atoms. The minimum Gasteiger partial charge on any atom is -0.494 e. The number of methoxy groups -OCH3 is 1. The summed E-state index contributed by atoms with van der Waals surface area (Å²) in [6, 6.07) is 7.05. The SMILES string of the molecule is COc1ccc(Cl)c2sc(N3CCN(C(=O)c4ccc(Br)o4)CC3)nc12. The van der Waals surface area contributed by atoms with Crippen molar-refractivity contribution in [3.8, 4) is 5.75 Å². The summed E-state index contributed by atoms with van der Waals surface area (Å²) in [4.78, 5) is 21.1. The number of furan rings is 1. The molecule has 1 aliphatic rings. The number of fused-ring (bicyclic) bond motifs is 1. The number of amides is 1. The Bertz CT molecular complexity index is 965. The molecule has 0 unspecified atom stereocenters. The fourth-order valence-corrected chi connectivity index (χ4v) is 4.54. The molecule has 0 spiro atoms. The van der Waals surface area contributed by atoms with Crippen LogP contribution in [-0.4, -0.2) is 49.1 Å². The summed E-state index contributed by atoms with van der Waals surface area (Å²) >= 11 is 11.1. The van der Waals surface area contributed by atoms with Crippen LogP contribution in [0.5, 0.6) is 5.75 Å². The second kappa shape index (κ2) is 7.09. The lowest BCUT2D eigenvalue weighted by atomic mass is 10.3. The van der Waals surface area contributed by atoms with Crippen molar-refractivity contribution in [1.29, 1.82) is 0 Å². The first-order valence-electron chi connectivity index (χ1n) is 7.99. The van der Waals surface area contributed by atoms with E-state index < -0.39 is 0 Å². The molecule has 0 bridgehead atoms. The Morgan fingerprint density at radius 3 is 2.69 bits per heavy atom. The van der Waals surface area contributed by atoms with E-state index in [1.807, 2.05) is 12.1 Å². The maximum atomic E-state index is 12.5. The lowest BCUT2D eigenvalue weighted by molar-refractivity contribution is 0.0713. The first-order valence-corrected chi connectivity index (χ1v) is 9.98. The van der Waals surface area contributed by atoms with Gasteiger partial charge in [0.2, 0.25) is 0 Å². The van der Waals surface area contributed by atoms with E-state index in [0.29, 0.717) is 47.4 Å². The standard InChI is InChI=1S/C17H15BrClN3O3S/c1-24-11-3-2-10(19)15-14(11)20-17(26-15)22-8-6-21(7-9-22)16(23)12-4-5-13(18)25-12/h2-5H,6-9H2,1H3. The number of ether oxygens (including phenoxy) is 1. The van der Waals surface area contributed by atoms with Gasteiger partial charge >= 0.3 is 0 Å². The van der Waals surface area contributed by atoms with Crippen LogP contribution in [0.4, 0.5) is 5.13 Å². The van der Waals surface area contributed by atoms with Crippen molar-refractivity contribution >= 4 is 60.1 Å². The number of aromatic nitrogens is 1. The van der Waals surface area contributed by atoms with Crippen molar-refractivity contribution in [2.24, 2.45) is 0 Å². The Balaban J connectivity index is 1.50. The lowest BCUT2D eigenvalue weighted by Crippen LogP contribution is -2.48. The Morgan fingerprint density at radius 1 is 1.27 bits per heavy atom. The molecule has 6 nitrogen and oxygen atoms in total. The first-order chi connectivity index (χ1) is 12.6. The van der Waals surface area contributed by atoms with Gasteiger partial charge in [-0.2, -0.15) is 0 Å². The van der Waals surface area contributed by atoms with Gasteiger partial charge in [0, 0.05) is 26.2 Å². The summed E-state index contributed by atoms with van der Waals surface area (Å²) in [5, 5.41) is 1.56. The Labute approximate surface area is 167 Å². The zero-order valence-electron chi connectivity index (χ0n) is 13.9. The van der Waals surface area contributed by atoms with Crippen LogP contribution in [0, 0.1) is 0 Å². The molecule has 9 heteroatoms. The Hall–Kier alpha value is -1.77. The summed E-state index contributed by atoms with van der Waals surface area (Å²) < 4.78 is 12.2. The van der Waals surface area contributed by atoms with Crippen molar-refractivity contribution in [2.75, 3.05) is 38.2 Å².